The first kappa shape index (κ1) is 22.7. The number of morpholine rings is 1. The van der Waals surface area contributed by atoms with E-state index < -0.39 is 5.60 Å². The highest BCUT2D eigenvalue weighted by Gasteiger charge is 2.32. The quantitative estimate of drug-likeness (QED) is 0.527. The van der Waals surface area contributed by atoms with Crippen molar-refractivity contribution in [2.24, 2.45) is 4.99 Å². The summed E-state index contributed by atoms with van der Waals surface area (Å²) in [6.07, 6.45) is 3.89. The number of rotatable bonds is 6. The Labute approximate surface area is 169 Å². The van der Waals surface area contributed by atoms with Crippen molar-refractivity contribution in [3.8, 4) is 0 Å². The summed E-state index contributed by atoms with van der Waals surface area (Å²) in [5.41, 5.74) is -0.505. The summed E-state index contributed by atoms with van der Waals surface area (Å²) in [5.74, 6) is 0.832. The van der Waals surface area contributed by atoms with E-state index in [1.807, 2.05) is 20.8 Å². The maximum atomic E-state index is 12.1. The first-order chi connectivity index (χ1) is 13.3. The molecule has 2 aliphatic rings. The van der Waals surface area contributed by atoms with Gasteiger partial charge in [-0.1, -0.05) is 13.3 Å². The average Bonchev–Trinajstić information content (AvgIpc) is 3.15. The molecule has 2 rings (SSSR count). The topological polar surface area (TPSA) is 84.4 Å². The van der Waals surface area contributed by atoms with E-state index in [2.05, 4.69) is 27.4 Å². The van der Waals surface area contributed by atoms with Crippen LogP contribution in [-0.2, 0) is 14.2 Å². The van der Waals surface area contributed by atoms with Crippen molar-refractivity contribution in [2.75, 3.05) is 39.9 Å². The number of guanidine groups is 1. The van der Waals surface area contributed by atoms with Gasteiger partial charge in [0.25, 0.3) is 0 Å². The standard InChI is InChI=1S/C20H38N4O4/c1-6-8-15(23-19(25)28-20(2,3)4)13-22-18(21-5)24-10-12-27-17(14-24)16-9-7-11-26-16/h15-17H,6-14H2,1-5H3,(H,21,22)(H,23,25). The minimum Gasteiger partial charge on any atom is -0.444 e. The molecule has 0 aromatic rings. The van der Waals surface area contributed by atoms with Crippen LogP contribution < -0.4 is 10.6 Å². The van der Waals surface area contributed by atoms with Crippen LogP contribution in [0.4, 0.5) is 4.79 Å². The molecular weight excluding hydrogens is 360 g/mol. The number of aliphatic imine (C=N–C) groups is 1. The summed E-state index contributed by atoms with van der Waals surface area (Å²) in [6.45, 7) is 11.4. The van der Waals surface area contributed by atoms with Gasteiger partial charge in [0.15, 0.2) is 5.96 Å². The second-order valence-electron chi connectivity index (χ2n) is 8.47. The first-order valence-corrected chi connectivity index (χ1v) is 10.5. The van der Waals surface area contributed by atoms with E-state index in [0.29, 0.717) is 13.2 Å². The Hall–Kier alpha value is -1.54. The Bertz CT molecular complexity index is 515. The summed E-state index contributed by atoms with van der Waals surface area (Å²) in [5, 5.41) is 6.38. The molecule has 0 aromatic carbocycles. The van der Waals surface area contributed by atoms with Crippen LogP contribution >= 0.6 is 0 Å². The monoisotopic (exact) mass is 398 g/mol. The summed E-state index contributed by atoms with van der Waals surface area (Å²) in [6, 6.07) is -0.0217. The molecule has 162 valence electrons. The highest BCUT2D eigenvalue weighted by Crippen LogP contribution is 2.21. The van der Waals surface area contributed by atoms with Gasteiger partial charge in [0.05, 0.1) is 12.7 Å². The van der Waals surface area contributed by atoms with Crippen molar-refractivity contribution >= 4 is 12.1 Å². The number of nitrogens with zero attached hydrogens (tertiary/aromatic N) is 2. The Kier molecular flexibility index (Phi) is 8.82. The summed E-state index contributed by atoms with van der Waals surface area (Å²) in [7, 11) is 1.79. The van der Waals surface area contributed by atoms with Crippen molar-refractivity contribution in [1.29, 1.82) is 0 Å². The normalized spacial score (nSPS) is 24.8. The number of carbonyl (C=O) groups is 1. The number of alkyl carbamates (subject to hydrolysis) is 1. The molecule has 1 amide bonds. The maximum Gasteiger partial charge on any atom is 0.407 e. The summed E-state index contributed by atoms with van der Waals surface area (Å²) in [4.78, 5) is 18.8. The molecular formula is C20H38N4O4. The summed E-state index contributed by atoms with van der Waals surface area (Å²) >= 11 is 0. The van der Waals surface area contributed by atoms with Gasteiger partial charge >= 0.3 is 6.09 Å². The number of hydrogen-bond donors (Lipinski definition) is 2. The van der Waals surface area contributed by atoms with Crippen molar-refractivity contribution in [1.82, 2.24) is 15.5 Å². The molecule has 2 fully saturated rings. The number of amides is 1. The second-order valence-corrected chi connectivity index (χ2v) is 8.47. The molecule has 0 aliphatic carbocycles. The molecule has 0 bridgehead atoms. The van der Waals surface area contributed by atoms with Gasteiger partial charge in [-0.05, 0) is 40.0 Å². The molecule has 0 spiro atoms. The second kappa shape index (κ2) is 10.9. The molecule has 3 atom stereocenters. The molecule has 8 heteroatoms. The highest BCUT2D eigenvalue weighted by molar-refractivity contribution is 5.80. The van der Waals surface area contributed by atoms with E-state index in [1.54, 1.807) is 7.05 Å². The Morgan fingerprint density at radius 1 is 1.29 bits per heavy atom. The predicted molar refractivity (Wildman–Crippen MR) is 110 cm³/mol. The fourth-order valence-corrected chi connectivity index (χ4v) is 3.58. The predicted octanol–water partition coefficient (Wildman–Crippen LogP) is 2.13. The molecule has 0 radical (unpaired) electrons. The first-order valence-electron chi connectivity index (χ1n) is 10.5. The van der Waals surface area contributed by atoms with Gasteiger partial charge in [-0.25, -0.2) is 4.79 Å². The lowest BCUT2D eigenvalue weighted by molar-refractivity contribution is -0.0817. The molecule has 2 aliphatic heterocycles. The minimum atomic E-state index is -0.505. The van der Waals surface area contributed by atoms with Gasteiger partial charge in [-0.15, -0.1) is 0 Å². The smallest absolute Gasteiger partial charge is 0.407 e. The van der Waals surface area contributed by atoms with E-state index in [-0.39, 0.29) is 24.3 Å². The minimum absolute atomic E-state index is 0.0217. The number of nitrogens with one attached hydrogen (secondary N) is 2. The molecule has 0 aromatic heterocycles. The van der Waals surface area contributed by atoms with Crippen LogP contribution in [0.2, 0.25) is 0 Å². The third kappa shape index (κ3) is 7.47. The molecule has 2 N–H and O–H groups in total. The van der Waals surface area contributed by atoms with Crippen LogP contribution in [0.25, 0.3) is 0 Å². The molecule has 2 heterocycles. The SMILES string of the molecule is CCCC(CNC(=NC)N1CCOC(C2CCCO2)C1)NC(=O)OC(C)(C)C. The molecule has 8 nitrogen and oxygen atoms in total. The number of carbonyl (C=O) groups excluding carboxylic acids is 1. The number of ether oxygens (including phenoxy) is 3. The van der Waals surface area contributed by atoms with Crippen molar-refractivity contribution in [3.63, 3.8) is 0 Å². The molecule has 3 unspecified atom stereocenters. The van der Waals surface area contributed by atoms with Gasteiger partial charge in [-0.2, -0.15) is 0 Å². The van der Waals surface area contributed by atoms with Gasteiger partial charge in [0.2, 0.25) is 0 Å². The van der Waals surface area contributed by atoms with Crippen molar-refractivity contribution in [3.05, 3.63) is 0 Å². The van der Waals surface area contributed by atoms with E-state index in [9.17, 15) is 4.79 Å². The van der Waals surface area contributed by atoms with Crippen LogP contribution in [-0.4, -0.2) is 80.7 Å². The fourth-order valence-electron chi connectivity index (χ4n) is 3.58. The zero-order valence-corrected chi connectivity index (χ0v) is 18.1. The van der Waals surface area contributed by atoms with Crippen LogP contribution in [0.1, 0.15) is 53.4 Å². The van der Waals surface area contributed by atoms with Crippen molar-refractivity contribution in [2.45, 2.75) is 77.2 Å². The van der Waals surface area contributed by atoms with E-state index in [0.717, 1.165) is 51.3 Å². The average molecular weight is 399 g/mol. The zero-order valence-electron chi connectivity index (χ0n) is 18.1. The van der Waals surface area contributed by atoms with Gasteiger partial charge in [0, 0.05) is 39.3 Å². The Balaban J connectivity index is 1.86. The van der Waals surface area contributed by atoms with E-state index in [1.165, 1.54) is 0 Å². The van der Waals surface area contributed by atoms with Crippen molar-refractivity contribution < 1.29 is 19.0 Å². The van der Waals surface area contributed by atoms with Gasteiger partial charge in [-0.3, -0.25) is 4.99 Å². The largest absolute Gasteiger partial charge is 0.444 e. The van der Waals surface area contributed by atoms with E-state index in [4.69, 9.17) is 14.2 Å². The number of hydrogen-bond acceptors (Lipinski definition) is 5. The van der Waals surface area contributed by atoms with Gasteiger partial charge < -0.3 is 29.7 Å². The van der Waals surface area contributed by atoms with Crippen LogP contribution in [0.3, 0.4) is 0 Å². The maximum absolute atomic E-state index is 12.1. The molecule has 0 saturated carbocycles. The highest BCUT2D eigenvalue weighted by atomic mass is 16.6. The molecule has 28 heavy (non-hydrogen) atoms. The van der Waals surface area contributed by atoms with Crippen LogP contribution in [0.15, 0.2) is 4.99 Å². The third-order valence-electron chi connectivity index (χ3n) is 4.85. The lowest BCUT2D eigenvalue weighted by atomic mass is 10.1. The third-order valence-corrected chi connectivity index (χ3v) is 4.85. The zero-order chi connectivity index (χ0) is 20.6. The lowest BCUT2D eigenvalue weighted by Gasteiger charge is -2.37. The van der Waals surface area contributed by atoms with E-state index >= 15 is 0 Å². The molecule has 2 saturated heterocycles. The summed E-state index contributed by atoms with van der Waals surface area (Å²) < 4.78 is 17.1. The van der Waals surface area contributed by atoms with Crippen LogP contribution in [0.5, 0.6) is 0 Å². The Morgan fingerprint density at radius 3 is 2.64 bits per heavy atom. The van der Waals surface area contributed by atoms with Crippen LogP contribution in [0, 0.1) is 0 Å². The lowest BCUT2D eigenvalue weighted by Crippen LogP contribution is -2.55. The fraction of sp³-hybridized carbons (Fsp3) is 0.900. The Morgan fingerprint density at radius 2 is 2.04 bits per heavy atom. The van der Waals surface area contributed by atoms with Gasteiger partial charge in [0.1, 0.15) is 11.7 Å².